The molecule has 1 amide bonds. The molecule has 1 N–H and O–H groups in total. The lowest BCUT2D eigenvalue weighted by molar-refractivity contribution is -0.113. The highest BCUT2D eigenvalue weighted by atomic mass is 35.5. The van der Waals surface area contributed by atoms with Crippen molar-refractivity contribution in [1.82, 2.24) is 0 Å². The average Bonchev–Trinajstić information content (AvgIpc) is 2.56. The van der Waals surface area contributed by atoms with Gasteiger partial charge in [-0.2, -0.15) is 0 Å². The summed E-state index contributed by atoms with van der Waals surface area (Å²) in [6, 6.07) is 15.2. The quantitative estimate of drug-likeness (QED) is 0.705. The van der Waals surface area contributed by atoms with Gasteiger partial charge in [-0.25, -0.2) is 0 Å². The molecule has 0 saturated heterocycles. The maximum absolute atomic E-state index is 12.0. The van der Waals surface area contributed by atoms with Crippen LogP contribution < -0.4 is 10.1 Å². The van der Waals surface area contributed by atoms with Crippen molar-refractivity contribution in [2.45, 2.75) is 13.3 Å². The minimum absolute atomic E-state index is 0.00800. The molecule has 3 nitrogen and oxygen atoms in total. The maximum atomic E-state index is 12.0. The Morgan fingerprint density at radius 3 is 2.70 bits per heavy atom. The van der Waals surface area contributed by atoms with Crippen molar-refractivity contribution in [1.29, 1.82) is 0 Å². The molecule has 0 aliphatic heterocycles. The van der Waals surface area contributed by atoms with Gasteiger partial charge in [0.05, 0.1) is 17.4 Å². The van der Waals surface area contributed by atoms with E-state index in [2.05, 4.69) is 12.2 Å². The summed E-state index contributed by atoms with van der Waals surface area (Å²) in [5.74, 6) is 1.82. The standard InChI is InChI=1S/C18H20ClNO2S/c1-2-14-7-3-5-9-16(14)20-18(21)13-23-12-11-22-17-10-6-4-8-15(17)19/h3-10H,2,11-13H2,1H3,(H,20,21). The number of carbonyl (C=O) groups excluding carboxylic acids is 1. The number of carbonyl (C=O) groups is 1. The Balaban J connectivity index is 1.68. The van der Waals surface area contributed by atoms with Crippen LogP contribution in [0.5, 0.6) is 5.75 Å². The van der Waals surface area contributed by atoms with Crippen molar-refractivity contribution in [2.24, 2.45) is 0 Å². The van der Waals surface area contributed by atoms with Gasteiger partial charge < -0.3 is 10.1 Å². The maximum Gasteiger partial charge on any atom is 0.234 e. The van der Waals surface area contributed by atoms with Crippen LogP contribution >= 0.6 is 23.4 Å². The number of hydrogen-bond acceptors (Lipinski definition) is 3. The third kappa shape index (κ3) is 5.81. The summed E-state index contributed by atoms with van der Waals surface area (Å²) < 4.78 is 5.59. The molecule has 0 aliphatic rings. The molecule has 0 aliphatic carbocycles. The minimum atomic E-state index is 0.00800. The number of rotatable bonds is 8. The number of para-hydroxylation sites is 2. The Morgan fingerprint density at radius 2 is 1.91 bits per heavy atom. The van der Waals surface area contributed by atoms with Crippen molar-refractivity contribution < 1.29 is 9.53 Å². The van der Waals surface area contributed by atoms with Gasteiger partial charge >= 0.3 is 0 Å². The number of anilines is 1. The number of aryl methyl sites for hydroxylation is 1. The van der Waals surface area contributed by atoms with E-state index in [1.165, 1.54) is 11.8 Å². The zero-order chi connectivity index (χ0) is 16.5. The van der Waals surface area contributed by atoms with E-state index in [1.54, 1.807) is 6.07 Å². The lowest BCUT2D eigenvalue weighted by atomic mass is 10.1. The van der Waals surface area contributed by atoms with Gasteiger partial charge in [0, 0.05) is 11.4 Å². The van der Waals surface area contributed by atoms with E-state index < -0.39 is 0 Å². The van der Waals surface area contributed by atoms with Gasteiger partial charge in [-0.05, 0) is 30.2 Å². The van der Waals surface area contributed by atoms with Gasteiger partial charge in [-0.1, -0.05) is 48.9 Å². The van der Waals surface area contributed by atoms with Crippen molar-refractivity contribution >= 4 is 35.0 Å². The highest BCUT2D eigenvalue weighted by Gasteiger charge is 2.06. The second kappa shape index (κ2) is 9.48. The van der Waals surface area contributed by atoms with Crippen LogP contribution in [-0.4, -0.2) is 24.0 Å². The molecule has 0 fully saturated rings. The molecule has 0 bridgehead atoms. The highest BCUT2D eigenvalue weighted by molar-refractivity contribution is 7.99. The minimum Gasteiger partial charge on any atom is -0.491 e. The van der Waals surface area contributed by atoms with Gasteiger partial charge in [0.25, 0.3) is 0 Å². The highest BCUT2D eigenvalue weighted by Crippen LogP contribution is 2.23. The monoisotopic (exact) mass is 349 g/mol. The van der Waals surface area contributed by atoms with Crippen LogP contribution in [-0.2, 0) is 11.2 Å². The summed E-state index contributed by atoms with van der Waals surface area (Å²) in [5, 5.41) is 3.56. The smallest absolute Gasteiger partial charge is 0.234 e. The average molecular weight is 350 g/mol. The fraction of sp³-hybridized carbons (Fsp3) is 0.278. The van der Waals surface area contributed by atoms with Crippen LogP contribution in [0, 0.1) is 0 Å². The van der Waals surface area contributed by atoms with E-state index in [9.17, 15) is 4.79 Å². The second-order valence-electron chi connectivity index (χ2n) is 4.89. The first kappa shape index (κ1) is 17.7. The summed E-state index contributed by atoms with van der Waals surface area (Å²) in [5.41, 5.74) is 2.04. The van der Waals surface area contributed by atoms with Crippen LogP contribution in [0.3, 0.4) is 0 Å². The lowest BCUT2D eigenvalue weighted by Crippen LogP contribution is -2.16. The molecule has 2 aromatic rings. The first-order chi connectivity index (χ1) is 11.2. The molecule has 0 heterocycles. The molecular formula is C18H20ClNO2S. The van der Waals surface area contributed by atoms with Gasteiger partial charge in [0.15, 0.2) is 0 Å². The van der Waals surface area contributed by atoms with Crippen molar-refractivity contribution in [3.63, 3.8) is 0 Å². The second-order valence-corrected chi connectivity index (χ2v) is 6.40. The molecule has 2 rings (SSSR count). The molecule has 0 radical (unpaired) electrons. The number of ether oxygens (including phenoxy) is 1. The third-order valence-electron chi connectivity index (χ3n) is 3.23. The van der Waals surface area contributed by atoms with Crippen molar-refractivity contribution in [3.8, 4) is 5.75 Å². The number of benzene rings is 2. The predicted octanol–water partition coefficient (Wildman–Crippen LogP) is 4.65. The molecule has 0 atom stereocenters. The first-order valence-corrected chi connectivity index (χ1v) is 9.06. The van der Waals surface area contributed by atoms with E-state index in [0.29, 0.717) is 23.1 Å². The first-order valence-electron chi connectivity index (χ1n) is 7.53. The number of amides is 1. The predicted molar refractivity (Wildman–Crippen MR) is 98.7 cm³/mol. The van der Waals surface area contributed by atoms with Crippen LogP contribution in [0.15, 0.2) is 48.5 Å². The molecule has 2 aromatic carbocycles. The lowest BCUT2D eigenvalue weighted by Gasteiger charge is -2.10. The van der Waals surface area contributed by atoms with E-state index in [0.717, 1.165) is 23.4 Å². The van der Waals surface area contributed by atoms with Crippen LogP contribution in [0.4, 0.5) is 5.69 Å². The summed E-state index contributed by atoms with van der Waals surface area (Å²) >= 11 is 7.55. The van der Waals surface area contributed by atoms with E-state index in [4.69, 9.17) is 16.3 Å². The summed E-state index contributed by atoms with van der Waals surface area (Å²) in [4.78, 5) is 12.0. The van der Waals surface area contributed by atoms with Crippen molar-refractivity contribution in [2.75, 3.05) is 23.4 Å². The third-order valence-corrected chi connectivity index (χ3v) is 4.46. The summed E-state index contributed by atoms with van der Waals surface area (Å²) in [7, 11) is 0. The number of halogens is 1. The Kier molecular flexibility index (Phi) is 7.30. The van der Waals surface area contributed by atoms with Crippen LogP contribution in [0.25, 0.3) is 0 Å². The Morgan fingerprint density at radius 1 is 1.17 bits per heavy atom. The molecule has 23 heavy (non-hydrogen) atoms. The zero-order valence-electron chi connectivity index (χ0n) is 13.0. The Hall–Kier alpha value is -1.65. The topological polar surface area (TPSA) is 38.3 Å². The fourth-order valence-electron chi connectivity index (χ4n) is 2.07. The van der Waals surface area contributed by atoms with E-state index in [-0.39, 0.29) is 5.91 Å². The largest absolute Gasteiger partial charge is 0.491 e. The number of nitrogens with one attached hydrogen (secondary N) is 1. The van der Waals surface area contributed by atoms with Gasteiger partial charge in [-0.3, -0.25) is 4.79 Å². The fourth-order valence-corrected chi connectivity index (χ4v) is 2.87. The molecule has 0 unspecified atom stereocenters. The van der Waals surface area contributed by atoms with E-state index in [1.807, 2.05) is 42.5 Å². The number of thioether (sulfide) groups is 1. The molecule has 0 spiro atoms. The van der Waals surface area contributed by atoms with Gasteiger partial charge in [0.2, 0.25) is 5.91 Å². The molecule has 122 valence electrons. The van der Waals surface area contributed by atoms with Gasteiger partial charge in [-0.15, -0.1) is 11.8 Å². The Labute approximate surface area is 146 Å². The van der Waals surface area contributed by atoms with E-state index >= 15 is 0 Å². The normalized spacial score (nSPS) is 10.3. The summed E-state index contributed by atoms with van der Waals surface area (Å²) in [6.07, 6.45) is 0.898. The Bertz CT molecular complexity index is 648. The molecule has 0 saturated carbocycles. The molecule has 0 aromatic heterocycles. The van der Waals surface area contributed by atoms with Gasteiger partial charge in [0.1, 0.15) is 5.75 Å². The molecule has 5 heteroatoms. The van der Waals surface area contributed by atoms with Crippen LogP contribution in [0.2, 0.25) is 5.02 Å². The molecular weight excluding hydrogens is 330 g/mol. The van der Waals surface area contributed by atoms with Crippen molar-refractivity contribution in [3.05, 3.63) is 59.1 Å². The zero-order valence-corrected chi connectivity index (χ0v) is 14.6. The SMILES string of the molecule is CCc1ccccc1NC(=O)CSCCOc1ccccc1Cl. The summed E-state index contributed by atoms with van der Waals surface area (Å²) in [6.45, 7) is 2.60. The van der Waals surface area contributed by atoms with Crippen LogP contribution in [0.1, 0.15) is 12.5 Å². The number of hydrogen-bond donors (Lipinski definition) is 1.